The van der Waals surface area contributed by atoms with Crippen LogP contribution < -0.4 is 0 Å². The van der Waals surface area contributed by atoms with E-state index in [4.69, 9.17) is 0 Å². The summed E-state index contributed by atoms with van der Waals surface area (Å²) in [6.07, 6.45) is 0. The third kappa shape index (κ3) is 1.55. The van der Waals surface area contributed by atoms with Gasteiger partial charge in [0.25, 0.3) is 0 Å². The molecule has 0 spiro atoms. The molecule has 2 aromatic carbocycles. The normalized spacial score (nSPS) is 11.5. The Bertz CT molecular complexity index is 849. The molecule has 4 rings (SSSR count). The van der Waals surface area contributed by atoms with E-state index in [1.165, 1.54) is 42.7 Å². The maximum atomic E-state index is 3.59. The Morgan fingerprint density at radius 1 is 0.800 bits per heavy atom. The van der Waals surface area contributed by atoms with Crippen LogP contribution in [0.1, 0.15) is 11.1 Å². The van der Waals surface area contributed by atoms with Crippen molar-refractivity contribution >= 4 is 32.3 Å². The summed E-state index contributed by atoms with van der Waals surface area (Å²) in [7, 11) is 0. The smallest absolute Gasteiger partial charge is 0.0599 e. The van der Waals surface area contributed by atoms with Gasteiger partial charge in [0.05, 0.1) is 10.6 Å². The zero-order valence-corrected chi connectivity index (χ0v) is 12.3. The van der Waals surface area contributed by atoms with Gasteiger partial charge in [-0.05, 0) is 42.5 Å². The molecule has 0 saturated heterocycles. The second kappa shape index (κ2) is 4.22. The van der Waals surface area contributed by atoms with Crippen molar-refractivity contribution < 1.29 is 0 Å². The van der Waals surface area contributed by atoms with E-state index in [2.05, 4.69) is 67.4 Å². The molecule has 2 aromatic heterocycles. The van der Waals surface area contributed by atoms with Crippen LogP contribution in [0.15, 0.2) is 48.5 Å². The van der Waals surface area contributed by atoms with E-state index in [1.54, 1.807) is 0 Å². The number of thiophene rings is 1. The van der Waals surface area contributed by atoms with Crippen molar-refractivity contribution in [3.63, 3.8) is 0 Å². The number of aromatic amines is 1. The lowest BCUT2D eigenvalue weighted by Crippen LogP contribution is -1.79. The molecule has 0 saturated carbocycles. The summed E-state index contributed by atoms with van der Waals surface area (Å²) >= 11 is 1.88. The summed E-state index contributed by atoms with van der Waals surface area (Å²) < 4.78 is 1.36. The number of H-pyrrole nitrogens is 1. The Labute approximate surface area is 121 Å². The summed E-state index contributed by atoms with van der Waals surface area (Å²) in [5, 5.41) is 2.69. The van der Waals surface area contributed by atoms with Gasteiger partial charge in [0.2, 0.25) is 0 Å². The highest BCUT2D eigenvalue weighted by molar-refractivity contribution is 7.22. The molecular formula is C18H15NS. The van der Waals surface area contributed by atoms with Crippen LogP contribution in [0.2, 0.25) is 0 Å². The number of hydrogen-bond donors (Lipinski definition) is 1. The van der Waals surface area contributed by atoms with E-state index < -0.39 is 0 Å². The highest BCUT2D eigenvalue weighted by Gasteiger charge is 2.15. The van der Waals surface area contributed by atoms with Gasteiger partial charge < -0.3 is 4.98 Å². The van der Waals surface area contributed by atoms with Crippen LogP contribution in [-0.4, -0.2) is 4.98 Å². The fourth-order valence-corrected chi connectivity index (χ4v) is 4.19. The molecule has 4 aromatic rings. The molecule has 98 valence electrons. The molecule has 0 unspecified atom stereocenters. The van der Waals surface area contributed by atoms with Crippen LogP contribution in [0.5, 0.6) is 0 Å². The number of benzene rings is 2. The molecule has 0 aliphatic rings. The predicted octanol–water partition coefficient (Wildman–Crippen LogP) is 5.67. The van der Waals surface area contributed by atoms with E-state index in [9.17, 15) is 0 Å². The summed E-state index contributed by atoms with van der Waals surface area (Å²) in [4.78, 5) is 4.95. The summed E-state index contributed by atoms with van der Waals surface area (Å²) in [6, 6.07) is 17.2. The van der Waals surface area contributed by atoms with Gasteiger partial charge in [0, 0.05) is 15.6 Å². The molecule has 2 heteroatoms. The maximum Gasteiger partial charge on any atom is 0.0599 e. The van der Waals surface area contributed by atoms with Crippen LogP contribution in [0, 0.1) is 13.8 Å². The zero-order chi connectivity index (χ0) is 13.7. The van der Waals surface area contributed by atoms with E-state index in [1.807, 2.05) is 11.3 Å². The molecule has 0 atom stereocenters. The SMILES string of the molecule is Cc1c(-c2sc3ccccc3c2C)[nH]c2ccccc12. The predicted molar refractivity (Wildman–Crippen MR) is 88.6 cm³/mol. The van der Waals surface area contributed by atoms with Gasteiger partial charge in [-0.3, -0.25) is 0 Å². The van der Waals surface area contributed by atoms with Gasteiger partial charge in [-0.25, -0.2) is 0 Å². The third-order valence-electron chi connectivity index (χ3n) is 4.04. The van der Waals surface area contributed by atoms with Crippen LogP contribution in [0.4, 0.5) is 0 Å². The molecule has 0 bridgehead atoms. The van der Waals surface area contributed by atoms with Crippen molar-refractivity contribution in [2.45, 2.75) is 13.8 Å². The number of rotatable bonds is 1. The van der Waals surface area contributed by atoms with Gasteiger partial charge in [-0.2, -0.15) is 0 Å². The quantitative estimate of drug-likeness (QED) is 0.461. The second-order valence-electron chi connectivity index (χ2n) is 5.22. The molecule has 2 heterocycles. The van der Waals surface area contributed by atoms with Crippen LogP contribution >= 0.6 is 11.3 Å². The lowest BCUT2D eigenvalue weighted by molar-refractivity contribution is 1.41. The number of para-hydroxylation sites is 1. The third-order valence-corrected chi connectivity index (χ3v) is 5.33. The number of hydrogen-bond acceptors (Lipinski definition) is 1. The van der Waals surface area contributed by atoms with Gasteiger partial charge >= 0.3 is 0 Å². The standard InChI is InChI=1S/C18H15NS/c1-11-13-7-3-5-9-15(13)19-17(11)18-12(2)14-8-4-6-10-16(14)20-18/h3-10,19H,1-2H3. The minimum atomic E-state index is 1.22. The van der Waals surface area contributed by atoms with Crippen LogP contribution in [0.3, 0.4) is 0 Å². The second-order valence-corrected chi connectivity index (χ2v) is 6.28. The average Bonchev–Trinajstić information content (AvgIpc) is 2.98. The maximum absolute atomic E-state index is 3.59. The Morgan fingerprint density at radius 3 is 2.25 bits per heavy atom. The fraction of sp³-hybridized carbons (Fsp3) is 0.111. The first-order chi connectivity index (χ1) is 9.75. The zero-order valence-electron chi connectivity index (χ0n) is 11.5. The van der Waals surface area contributed by atoms with E-state index in [0.717, 1.165) is 0 Å². The Kier molecular flexibility index (Phi) is 2.48. The van der Waals surface area contributed by atoms with E-state index >= 15 is 0 Å². The first-order valence-electron chi connectivity index (χ1n) is 6.81. The topological polar surface area (TPSA) is 15.8 Å². The van der Waals surface area contributed by atoms with Crippen molar-refractivity contribution in [1.82, 2.24) is 4.98 Å². The molecule has 0 radical (unpaired) electrons. The number of aromatic nitrogens is 1. The summed E-state index contributed by atoms with van der Waals surface area (Å²) in [6.45, 7) is 4.43. The monoisotopic (exact) mass is 277 g/mol. The van der Waals surface area contributed by atoms with Gasteiger partial charge in [0.1, 0.15) is 0 Å². The summed E-state index contributed by atoms with van der Waals surface area (Å²) in [5.41, 5.74) is 5.21. The van der Waals surface area contributed by atoms with Crippen molar-refractivity contribution in [2.24, 2.45) is 0 Å². The molecule has 0 aliphatic heterocycles. The van der Waals surface area contributed by atoms with Crippen molar-refractivity contribution in [2.75, 3.05) is 0 Å². The molecule has 1 nitrogen and oxygen atoms in total. The number of aryl methyl sites for hydroxylation is 2. The first-order valence-corrected chi connectivity index (χ1v) is 7.63. The van der Waals surface area contributed by atoms with Crippen molar-refractivity contribution in [3.05, 3.63) is 59.7 Å². The Balaban J connectivity index is 2.06. The first kappa shape index (κ1) is 11.7. The van der Waals surface area contributed by atoms with Gasteiger partial charge in [0.15, 0.2) is 0 Å². The van der Waals surface area contributed by atoms with Crippen molar-refractivity contribution in [3.8, 4) is 10.6 Å². The Morgan fingerprint density at radius 2 is 1.50 bits per heavy atom. The Hall–Kier alpha value is -2.06. The number of fused-ring (bicyclic) bond motifs is 2. The highest BCUT2D eigenvalue weighted by atomic mass is 32.1. The fourth-order valence-electron chi connectivity index (χ4n) is 2.92. The average molecular weight is 277 g/mol. The molecular weight excluding hydrogens is 262 g/mol. The lowest BCUT2D eigenvalue weighted by Gasteiger charge is -1.98. The highest BCUT2D eigenvalue weighted by Crippen LogP contribution is 2.40. The van der Waals surface area contributed by atoms with Crippen LogP contribution in [-0.2, 0) is 0 Å². The molecule has 20 heavy (non-hydrogen) atoms. The molecule has 0 aliphatic carbocycles. The van der Waals surface area contributed by atoms with Gasteiger partial charge in [-0.1, -0.05) is 36.4 Å². The van der Waals surface area contributed by atoms with E-state index in [0.29, 0.717) is 0 Å². The minimum absolute atomic E-state index is 1.22. The lowest BCUT2D eigenvalue weighted by atomic mass is 10.1. The van der Waals surface area contributed by atoms with Gasteiger partial charge in [-0.15, -0.1) is 11.3 Å². The summed E-state index contributed by atoms with van der Waals surface area (Å²) in [5.74, 6) is 0. The van der Waals surface area contributed by atoms with Crippen LogP contribution in [0.25, 0.3) is 31.6 Å². The number of nitrogens with one attached hydrogen (secondary N) is 1. The largest absolute Gasteiger partial charge is 0.354 e. The van der Waals surface area contributed by atoms with Crippen molar-refractivity contribution in [1.29, 1.82) is 0 Å². The molecule has 1 N–H and O–H groups in total. The molecule has 0 amide bonds. The van der Waals surface area contributed by atoms with E-state index in [-0.39, 0.29) is 0 Å². The minimum Gasteiger partial charge on any atom is -0.354 e. The molecule has 0 fully saturated rings.